The van der Waals surface area contributed by atoms with E-state index in [0.29, 0.717) is 37.0 Å². The van der Waals surface area contributed by atoms with Gasteiger partial charge in [0.2, 0.25) is 11.8 Å². The number of ether oxygens (including phenoxy) is 1. The minimum Gasteiger partial charge on any atom is -0.475 e. The first-order valence-electron chi connectivity index (χ1n) is 20.9. The number of carboxylic acid groups (broad SMARTS) is 3. The van der Waals surface area contributed by atoms with E-state index in [-0.39, 0.29) is 17.9 Å². The summed E-state index contributed by atoms with van der Waals surface area (Å²) in [5.41, 5.74) is 3.39. The summed E-state index contributed by atoms with van der Waals surface area (Å²) in [6.45, 7) is 8.63. The smallest absolute Gasteiger partial charge is 0.475 e. The average Bonchev–Trinajstić information content (AvgIpc) is 3.66. The summed E-state index contributed by atoms with van der Waals surface area (Å²) in [6.07, 6.45) is -6.44. The quantitative estimate of drug-likeness (QED) is 0.158. The van der Waals surface area contributed by atoms with Gasteiger partial charge in [0.1, 0.15) is 6.04 Å². The van der Waals surface area contributed by atoms with Gasteiger partial charge < -0.3 is 35.6 Å². The van der Waals surface area contributed by atoms with Crippen molar-refractivity contribution in [3.63, 3.8) is 0 Å². The summed E-state index contributed by atoms with van der Waals surface area (Å²) >= 11 is 6.15. The van der Waals surface area contributed by atoms with Crippen LogP contribution in [0.5, 0.6) is 0 Å². The van der Waals surface area contributed by atoms with E-state index in [2.05, 4.69) is 32.6 Å². The van der Waals surface area contributed by atoms with Crippen LogP contribution < -0.4 is 10.6 Å². The van der Waals surface area contributed by atoms with Crippen molar-refractivity contribution >= 4 is 41.3 Å². The van der Waals surface area contributed by atoms with Gasteiger partial charge in [-0.25, -0.2) is 14.4 Å². The molecule has 3 unspecified atom stereocenters. The van der Waals surface area contributed by atoms with Gasteiger partial charge in [-0.3, -0.25) is 19.4 Å². The number of morpholine rings is 1. The Bertz CT molecular complexity index is 1790. The summed E-state index contributed by atoms with van der Waals surface area (Å²) in [5.74, 6) is -7.56. The van der Waals surface area contributed by atoms with E-state index >= 15 is 0 Å². The fourth-order valence-electron chi connectivity index (χ4n) is 7.81. The summed E-state index contributed by atoms with van der Waals surface area (Å²) in [4.78, 5) is 61.4. The number of hydrogen-bond acceptors (Lipinski definition) is 9. The molecule has 24 heteroatoms. The van der Waals surface area contributed by atoms with Crippen molar-refractivity contribution in [3.8, 4) is 0 Å². The second-order valence-electron chi connectivity index (χ2n) is 15.9. The average molecular weight is 978 g/mol. The first-order valence-corrected chi connectivity index (χ1v) is 21.3. The Labute approximate surface area is 379 Å². The SMILES string of the molecule is O=C(CC1NCc2ccccc21)NC(Cc1ccc(Cl)cc1)C(=O)N1CCN(C(CC2CCCCC2)CN2CCOCC2)CC1.O=C(O)C(F)(F)F.O=C(O)C(F)(F)F.O=C(O)C(F)(F)F. The maximum absolute atomic E-state index is 14.1. The predicted octanol–water partition coefficient (Wildman–Crippen LogP) is 6.32. The third-order valence-corrected chi connectivity index (χ3v) is 11.4. The van der Waals surface area contributed by atoms with E-state index in [0.717, 1.165) is 64.0 Å². The van der Waals surface area contributed by atoms with Crippen LogP contribution in [0.25, 0.3) is 0 Å². The van der Waals surface area contributed by atoms with Crippen molar-refractivity contribution < 1.29 is 83.5 Å². The van der Waals surface area contributed by atoms with Crippen LogP contribution in [-0.4, -0.2) is 149 Å². The number of hydrogen-bond donors (Lipinski definition) is 5. The van der Waals surface area contributed by atoms with Crippen LogP contribution in [0.4, 0.5) is 39.5 Å². The Kier molecular flexibility index (Phi) is 21.9. The minimum atomic E-state index is -5.08. The fraction of sp³-hybridized carbons (Fsp3) is 0.595. The molecule has 1 aliphatic carbocycles. The maximum Gasteiger partial charge on any atom is 0.490 e. The molecule has 5 N–H and O–H groups in total. The molecule has 3 atom stereocenters. The third kappa shape index (κ3) is 19.6. The number of aliphatic carboxylic acids is 3. The second kappa shape index (κ2) is 26.0. The van der Waals surface area contributed by atoms with Crippen molar-refractivity contribution in [3.05, 3.63) is 70.2 Å². The Hall–Kier alpha value is -4.71. The standard InChI is InChI=1S/C36H50ClN5O3.3C2HF3O2/c37-30-12-10-28(11-13-30)23-34(39-35(43)24-33-32-9-5-4-8-29(32)25-38-33)36(44)42-16-14-41(15-17-42)31(22-27-6-2-1-3-7-27)26-40-18-20-45-21-19-40;3*3-2(4,5)1(6)7/h4-5,8-13,27,31,33-34,38H,1-3,6-7,14-26H2,(H,39,43);3*(H,6,7). The van der Waals surface area contributed by atoms with Gasteiger partial charge in [-0.15, -0.1) is 0 Å². The highest BCUT2D eigenvalue weighted by atomic mass is 35.5. The molecule has 4 aliphatic rings. The number of carboxylic acids is 3. The molecule has 2 saturated heterocycles. The number of fused-ring (bicyclic) bond motifs is 1. The highest BCUT2D eigenvalue weighted by Gasteiger charge is 2.40. The fourth-order valence-corrected chi connectivity index (χ4v) is 7.94. The van der Waals surface area contributed by atoms with E-state index in [9.17, 15) is 49.1 Å². The van der Waals surface area contributed by atoms with Crippen LogP contribution in [0, 0.1) is 5.92 Å². The number of carbonyl (C=O) groups excluding carboxylic acids is 2. The van der Waals surface area contributed by atoms with Gasteiger partial charge in [0, 0.05) is 82.3 Å². The molecule has 0 spiro atoms. The molecule has 6 rings (SSSR count). The molecule has 66 heavy (non-hydrogen) atoms. The zero-order chi connectivity index (χ0) is 49.2. The van der Waals surface area contributed by atoms with E-state index < -0.39 is 42.5 Å². The molecule has 2 amide bonds. The molecular weight excluding hydrogens is 925 g/mol. The number of alkyl halides is 9. The Balaban J connectivity index is 0.000000457. The van der Waals surface area contributed by atoms with Crippen molar-refractivity contribution in [2.24, 2.45) is 5.92 Å². The van der Waals surface area contributed by atoms with Crippen LogP contribution in [0.3, 0.4) is 0 Å². The van der Waals surface area contributed by atoms with Gasteiger partial charge in [-0.2, -0.15) is 39.5 Å². The molecule has 0 radical (unpaired) electrons. The predicted molar refractivity (Wildman–Crippen MR) is 219 cm³/mol. The molecular formula is C42H53ClF9N5O9. The minimum absolute atomic E-state index is 0.00902. The van der Waals surface area contributed by atoms with Gasteiger partial charge in [0.25, 0.3) is 0 Å². The lowest BCUT2D eigenvalue weighted by Gasteiger charge is -2.43. The number of nitrogens with one attached hydrogen (secondary N) is 2. The summed E-state index contributed by atoms with van der Waals surface area (Å²) < 4.78 is 101. The van der Waals surface area contributed by atoms with Crippen molar-refractivity contribution in [2.75, 3.05) is 59.0 Å². The van der Waals surface area contributed by atoms with Crippen LogP contribution in [0.1, 0.15) is 67.7 Å². The maximum atomic E-state index is 14.1. The third-order valence-electron chi connectivity index (χ3n) is 11.1. The van der Waals surface area contributed by atoms with E-state index in [1.54, 1.807) is 0 Å². The van der Waals surface area contributed by atoms with E-state index in [1.807, 2.05) is 41.3 Å². The zero-order valence-electron chi connectivity index (χ0n) is 35.6. The first-order chi connectivity index (χ1) is 30.8. The molecule has 2 aromatic rings. The zero-order valence-corrected chi connectivity index (χ0v) is 36.3. The van der Waals surface area contributed by atoms with Crippen LogP contribution in [-0.2, 0) is 41.7 Å². The number of benzene rings is 2. The van der Waals surface area contributed by atoms with Crippen molar-refractivity contribution in [1.29, 1.82) is 0 Å². The molecule has 3 heterocycles. The van der Waals surface area contributed by atoms with Gasteiger partial charge >= 0.3 is 36.4 Å². The van der Waals surface area contributed by atoms with E-state index in [1.165, 1.54) is 49.7 Å². The molecule has 3 fully saturated rings. The lowest BCUT2D eigenvalue weighted by atomic mass is 9.84. The lowest BCUT2D eigenvalue weighted by molar-refractivity contribution is -0.193. The Morgan fingerprint density at radius 1 is 0.742 bits per heavy atom. The van der Waals surface area contributed by atoms with Crippen LogP contribution in [0.2, 0.25) is 5.02 Å². The van der Waals surface area contributed by atoms with Gasteiger partial charge in [-0.1, -0.05) is 80.1 Å². The van der Waals surface area contributed by atoms with E-state index in [4.69, 9.17) is 46.0 Å². The van der Waals surface area contributed by atoms with Gasteiger partial charge in [0.05, 0.1) is 13.2 Å². The topological polar surface area (TPSA) is 189 Å². The molecule has 370 valence electrons. The molecule has 1 saturated carbocycles. The number of carbonyl (C=O) groups is 5. The number of nitrogens with zero attached hydrogens (tertiary/aromatic N) is 3. The largest absolute Gasteiger partial charge is 0.490 e. The number of halogens is 10. The van der Waals surface area contributed by atoms with Crippen LogP contribution in [0.15, 0.2) is 48.5 Å². The second-order valence-corrected chi connectivity index (χ2v) is 16.3. The molecule has 14 nitrogen and oxygen atoms in total. The monoisotopic (exact) mass is 977 g/mol. The molecule has 3 aliphatic heterocycles. The summed E-state index contributed by atoms with van der Waals surface area (Å²) in [5, 5.41) is 28.6. The molecule has 2 aromatic carbocycles. The van der Waals surface area contributed by atoms with Crippen molar-refractivity contribution in [2.45, 2.75) is 94.6 Å². The first kappa shape index (κ1) is 55.6. The normalized spacial score (nSPS) is 19.2. The number of rotatable bonds is 11. The lowest BCUT2D eigenvalue weighted by Crippen LogP contribution is -2.58. The van der Waals surface area contributed by atoms with Crippen molar-refractivity contribution in [1.82, 2.24) is 25.3 Å². The Morgan fingerprint density at radius 3 is 1.77 bits per heavy atom. The van der Waals surface area contributed by atoms with Gasteiger partial charge in [0.15, 0.2) is 0 Å². The highest BCUT2D eigenvalue weighted by molar-refractivity contribution is 6.30. The summed E-state index contributed by atoms with van der Waals surface area (Å²) in [7, 11) is 0. The number of amides is 2. The highest BCUT2D eigenvalue weighted by Crippen LogP contribution is 2.30. The number of piperazine rings is 1. The summed E-state index contributed by atoms with van der Waals surface area (Å²) in [6, 6.07) is 15.7. The molecule has 0 aromatic heterocycles. The Morgan fingerprint density at radius 2 is 1.26 bits per heavy atom. The van der Waals surface area contributed by atoms with Crippen LogP contribution >= 0.6 is 11.6 Å². The molecule has 0 bridgehead atoms. The van der Waals surface area contributed by atoms with Gasteiger partial charge in [-0.05, 0) is 41.2 Å².